The average Bonchev–Trinajstić information content (AvgIpc) is 2.78. The summed E-state index contributed by atoms with van der Waals surface area (Å²) in [6, 6.07) is 15.2. The number of halogens is 4. The SMILES string of the molecule is CCOc1ccc(-c2cc(C(F)(F)F)c(C#N)c(SCC(=O)Nc3ccc(Cl)cc3)n2)cc1. The second-order valence-electron chi connectivity index (χ2n) is 6.65. The molecule has 5 nitrogen and oxygen atoms in total. The summed E-state index contributed by atoms with van der Waals surface area (Å²) in [5.41, 5.74) is -0.797. The number of rotatable bonds is 7. The van der Waals surface area contributed by atoms with Crippen LogP contribution in [-0.4, -0.2) is 23.3 Å². The summed E-state index contributed by atoms with van der Waals surface area (Å²) in [5.74, 6) is -0.138. The zero-order valence-corrected chi connectivity index (χ0v) is 18.8. The number of aromatic nitrogens is 1. The van der Waals surface area contributed by atoms with Crippen molar-refractivity contribution in [2.75, 3.05) is 17.7 Å². The average molecular weight is 492 g/mol. The fraction of sp³-hybridized carbons (Fsp3) is 0.174. The van der Waals surface area contributed by atoms with Crippen molar-refractivity contribution in [2.24, 2.45) is 0 Å². The Hall–Kier alpha value is -3.22. The highest BCUT2D eigenvalue weighted by atomic mass is 35.5. The van der Waals surface area contributed by atoms with Crippen LogP contribution in [0.25, 0.3) is 11.3 Å². The van der Waals surface area contributed by atoms with Gasteiger partial charge in [-0.15, -0.1) is 0 Å². The lowest BCUT2D eigenvalue weighted by molar-refractivity contribution is -0.138. The molecule has 0 spiro atoms. The van der Waals surface area contributed by atoms with Gasteiger partial charge in [-0.05, 0) is 61.5 Å². The van der Waals surface area contributed by atoms with Gasteiger partial charge in [0.05, 0.1) is 29.2 Å². The second-order valence-corrected chi connectivity index (χ2v) is 8.05. The highest BCUT2D eigenvalue weighted by Gasteiger charge is 2.36. The third kappa shape index (κ3) is 6.40. The predicted octanol–water partition coefficient (Wildman–Crippen LogP) is 6.42. The van der Waals surface area contributed by atoms with E-state index in [1.165, 1.54) is 0 Å². The van der Waals surface area contributed by atoms with Gasteiger partial charge in [-0.2, -0.15) is 18.4 Å². The van der Waals surface area contributed by atoms with Gasteiger partial charge in [-0.3, -0.25) is 4.79 Å². The van der Waals surface area contributed by atoms with Crippen LogP contribution in [0.1, 0.15) is 18.1 Å². The summed E-state index contributed by atoms with van der Waals surface area (Å²) < 4.78 is 46.4. The molecule has 1 aromatic heterocycles. The number of amides is 1. The summed E-state index contributed by atoms with van der Waals surface area (Å²) in [4.78, 5) is 16.6. The first-order valence-corrected chi connectivity index (χ1v) is 11.0. The van der Waals surface area contributed by atoms with Crippen LogP contribution in [0.5, 0.6) is 5.75 Å². The number of benzene rings is 2. The first-order chi connectivity index (χ1) is 15.7. The molecule has 10 heteroatoms. The number of nitrogens with zero attached hydrogens (tertiary/aromatic N) is 2. The molecule has 170 valence electrons. The molecule has 0 saturated heterocycles. The first-order valence-electron chi connectivity index (χ1n) is 9.65. The Kier molecular flexibility index (Phi) is 7.84. The topological polar surface area (TPSA) is 75.0 Å². The molecule has 3 rings (SSSR count). The minimum absolute atomic E-state index is 0.0324. The molecular weight excluding hydrogens is 475 g/mol. The molecule has 0 saturated carbocycles. The number of hydrogen-bond donors (Lipinski definition) is 1. The van der Waals surface area contributed by atoms with Crippen LogP contribution in [0.3, 0.4) is 0 Å². The number of carbonyl (C=O) groups excluding carboxylic acids is 1. The number of alkyl halides is 3. The standard InChI is InChI=1S/C23H17ClF3N3O2S/c1-2-32-17-9-3-14(4-10-17)20-11-19(23(25,26)27)18(12-28)22(30-20)33-13-21(31)29-16-7-5-15(24)6-8-16/h3-11H,2,13H2,1H3,(H,29,31). The van der Waals surface area contributed by atoms with E-state index in [-0.39, 0.29) is 16.5 Å². The maximum Gasteiger partial charge on any atom is 0.417 e. The van der Waals surface area contributed by atoms with E-state index >= 15 is 0 Å². The smallest absolute Gasteiger partial charge is 0.417 e. The maximum absolute atomic E-state index is 13.7. The Labute approximate surface area is 197 Å². The Morgan fingerprint density at radius 3 is 2.42 bits per heavy atom. The lowest BCUT2D eigenvalue weighted by Gasteiger charge is -2.14. The Bertz CT molecular complexity index is 1180. The molecule has 0 unspecified atom stereocenters. The molecule has 2 aromatic carbocycles. The van der Waals surface area contributed by atoms with Crippen molar-refractivity contribution in [1.82, 2.24) is 4.98 Å². The number of hydrogen-bond acceptors (Lipinski definition) is 5. The predicted molar refractivity (Wildman–Crippen MR) is 121 cm³/mol. The Balaban J connectivity index is 1.90. The van der Waals surface area contributed by atoms with E-state index in [1.54, 1.807) is 54.6 Å². The van der Waals surface area contributed by atoms with Crippen molar-refractivity contribution in [3.05, 3.63) is 70.7 Å². The largest absolute Gasteiger partial charge is 0.494 e. The third-order valence-corrected chi connectivity index (χ3v) is 5.56. The van der Waals surface area contributed by atoms with Crippen molar-refractivity contribution in [3.8, 4) is 23.1 Å². The van der Waals surface area contributed by atoms with Crippen LogP contribution in [0, 0.1) is 11.3 Å². The monoisotopic (exact) mass is 491 g/mol. The fourth-order valence-electron chi connectivity index (χ4n) is 2.86. The van der Waals surface area contributed by atoms with Gasteiger partial charge in [0.2, 0.25) is 5.91 Å². The molecule has 1 amide bonds. The molecular formula is C23H17ClF3N3O2S. The van der Waals surface area contributed by atoms with E-state index < -0.39 is 23.2 Å². The molecule has 33 heavy (non-hydrogen) atoms. The Morgan fingerprint density at radius 1 is 1.18 bits per heavy atom. The molecule has 0 fully saturated rings. The van der Waals surface area contributed by atoms with Crippen LogP contribution in [0.4, 0.5) is 18.9 Å². The van der Waals surface area contributed by atoms with E-state index in [0.717, 1.165) is 17.8 Å². The number of pyridine rings is 1. The van der Waals surface area contributed by atoms with Crippen molar-refractivity contribution in [1.29, 1.82) is 5.26 Å². The number of anilines is 1. The van der Waals surface area contributed by atoms with E-state index in [9.17, 15) is 23.2 Å². The van der Waals surface area contributed by atoms with E-state index in [0.29, 0.717) is 28.6 Å². The Morgan fingerprint density at radius 2 is 1.85 bits per heavy atom. The van der Waals surface area contributed by atoms with Gasteiger partial charge >= 0.3 is 6.18 Å². The molecule has 3 aromatic rings. The molecule has 1 N–H and O–H groups in total. The van der Waals surface area contributed by atoms with Crippen LogP contribution >= 0.6 is 23.4 Å². The minimum Gasteiger partial charge on any atom is -0.494 e. The van der Waals surface area contributed by atoms with E-state index in [2.05, 4.69) is 10.3 Å². The van der Waals surface area contributed by atoms with Crippen LogP contribution in [-0.2, 0) is 11.0 Å². The number of thioether (sulfide) groups is 1. The van der Waals surface area contributed by atoms with E-state index in [1.807, 2.05) is 6.92 Å². The van der Waals surface area contributed by atoms with Crippen LogP contribution in [0.2, 0.25) is 5.02 Å². The highest BCUT2D eigenvalue weighted by Crippen LogP contribution is 2.38. The molecule has 0 aliphatic heterocycles. The van der Waals surface area contributed by atoms with Crippen molar-refractivity contribution in [2.45, 2.75) is 18.1 Å². The van der Waals surface area contributed by atoms with Gasteiger partial charge in [0.15, 0.2) is 0 Å². The quantitative estimate of drug-likeness (QED) is 0.386. The minimum atomic E-state index is -4.77. The molecule has 0 aliphatic carbocycles. The summed E-state index contributed by atoms with van der Waals surface area (Å²) in [6.45, 7) is 2.27. The zero-order chi connectivity index (χ0) is 24.0. The number of ether oxygens (including phenoxy) is 1. The molecule has 0 bridgehead atoms. The first kappa shape index (κ1) is 24.4. The molecule has 0 radical (unpaired) electrons. The number of nitriles is 1. The lowest BCUT2D eigenvalue weighted by Crippen LogP contribution is -2.15. The summed E-state index contributed by atoms with van der Waals surface area (Å²) in [6.07, 6.45) is -4.77. The summed E-state index contributed by atoms with van der Waals surface area (Å²) in [7, 11) is 0. The highest BCUT2D eigenvalue weighted by molar-refractivity contribution is 8.00. The van der Waals surface area contributed by atoms with Crippen LogP contribution < -0.4 is 10.1 Å². The maximum atomic E-state index is 13.7. The van der Waals surface area contributed by atoms with Crippen molar-refractivity contribution in [3.63, 3.8) is 0 Å². The fourth-order valence-corrected chi connectivity index (χ4v) is 3.79. The number of carbonyl (C=O) groups is 1. The molecule has 0 aliphatic rings. The van der Waals surface area contributed by atoms with Crippen LogP contribution in [0.15, 0.2) is 59.6 Å². The summed E-state index contributed by atoms with van der Waals surface area (Å²) in [5, 5.41) is 12.4. The zero-order valence-electron chi connectivity index (χ0n) is 17.2. The van der Waals surface area contributed by atoms with Gasteiger partial charge in [0.25, 0.3) is 0 Å². The molecule has 1 heterocycles. The van der Waals surface area contributed by atoms with Crippen molar-refractivity contribution < 1.29 is 22.7 Å². The van der Waals surface area contributed by atoms with E-state index in [4.69, 9.17) is 16.3 Å². The third-order valence-electron chi connectivity index (χ3n) is 4.33. The summed E-state index contributed by atoms with van der Waals surface area (Å²) >= 11 is 6.57. The normalized spacial score (nSPS) is 11.0. The van der Waals surface area contributed by atoms with Crippen molar-refractivity contribution >= 4 is 35.0 Å². The second kappa shape index (κ2) is 10.6. The molecule has 0 atom stereocenters. The lowest BCUT2D eigenvalue weighted by atomic mass is 10.1. The van der Waals surface area contributed by atoms with Gasteiger partial charge in [0.1, 0.15) is 16.8 Å². The van der Waals surface area contributed by atoms with Gasteiger partial charge in [0, 0.05) is 16.3 Å². The van der Waals surface area contributed by atoms with Gasteiger partial charge in [-0.25, -0.2) is 4.98 Å². The van der Waals surface area contributed by atoms with Gasteiger partial charge < -0.3 is 10.1 Å². The number of nitrogens with one attached hydrogen (secondary N) is 1. The van der Waals surface area contributed by atoms with Gasteiger partial charge in [-0.1, -0.05) is 23.4 Å².